The molecule has 0 aliphatic heterocycles. The average molecular weight is 438 g/mol. The lowest BCUT2D eigenvalue weighted by atomic mass is 9.51. The van der Waals surface area contributed by atoms with Gasteiger partial charge in [0.15, 0.2) is 14.6 Å². The van der Waals surface area contributed by atoms with Crippen molar-refractivity contribution in [1.82, 2.24) is 0 Å². The zero-order valence-electron chi connectivity index (χ0n) is 11.1. The van der Waals surface area contributed by atoms with Gasteiger partial charge in [-0.2, -0.15) is 0 Å². The van der Waals surface area contributed by atoms with E-state index in [1.54, 1.807) is 12.1 Å². The van der Waals surface area contributed by atoms with E-state index >= 15 is 0 Å². The Morgan fingerprint density at radius 3 is 2.29 bits per heavy atom. The fraction of sp³-hybridized carbons (Fsp3) is 0.500. The van der Waals surface area contributed by atoms with Crippen molar-refractivity contribution in [3.63, 3.8) is 0 Å². The van der Waals surface area contributed by atoms with Crippen LogP contribution in [0.2, 0.25) is 0 Å². The number of benzene rings is 1. The number of carboxylic acids is 1. The van der Waals surface area contributed by atoms with Crippen LogP contribution in [0.15, 0.2) is 32.0 Å². The molecule has 1 spiro atoms. The van der Waals surface area contributed by atoms with Crippen molar-refractivity contribution < 1.29 is 18.3 Å². The zero-order valence-corrected chi connectivity index (χ0v) is 15.1. The van der Waals surface area contributed by atoms with Crippen LogP contribution in [0.3, 0.4) is 0 Å². The highest BCUT2D eigenvalue weighted by atomic mass is 79.9. The molecule has 2 aliphatic rings. The smallest absolute Gasteiger partial charge is 0.325 e. The maximum Gasteiger partial charge on any atom is 0.325 e. The lowest BCUT2D eigenvalue weighted by molar-refractivity contribution is -0.150. The summed E-state index contributed by atoms with van der Waals surface area (Å²) in [6.07, 6.45) is 3.41. The lowest BCUT2D eigenvalue weighted by Gasteiger charge is -2.58. The first-order valence-electron chi connectivity index (χ1n) is 6.66. The summed E-state index contributed by atoms with van der Waals surface area (Å²) >= 11 is 6.47. The highest BCUT2D eigenvalue weighted by Gasteiger charge is 2.68. The Balaban J connectivity index is 2.07. The third-order valence-electron chi connectivity index (χ3n) is 4.82. The summed E-state index contributed by atoms with van der Waals surface area (Å²) in [5, 5.41) is 9.59. The molecule has 0 aromatic heterocycles. The fourth-order valence-electron chi connectivity index (χ4n) is 3.54. The molecule has 0 amide bonds. The van der Waals surface area contributed by atoms with Crippen LogP contribution in [0.1, 0.15) is 32.1 Å². The van der Waals surface area contributed by atoms with Crippen LogP contribution in [-0.4, -0.2) is 24.2 Å². The second-order valence-corrected chi connectivity index (χ2v) is 10.1. The monoisotopic (exact) mass is 436 g/mol. The van der Waals surface area contributed by atoms with E-state index in [1.165, 1.54) is 6.07 Å². The Labute approximate surface area is 140 Å². The van der Waals surface area contributed by atoms with Crippen molar-refractivity contribution in [3.8, 4) is 0 Å². The second-order valence-electron chi connectivity index (χ2n) is 6.08. The van der Waals surface area contributed by atoms with Gasteiger partial charge in [-0.3, -0.25) is 4.79 Å². The molecular weight excluding hydrogens is 424 g/mol. The number of halogens is 2. The molecule has 2 aliphatic carbocycles. The molecule has 114 valence electrons. The maximum absolute atomic E-state index is 12.9. The van der Waals surface area contributed by atoms with Crippen molar-refractivity contribution in [1.29, 1.82) is 0 Å². The van der Waals surface area contributed by atoms with Crippen molar-refractivity contribution in [2.75, 3.05) is 0 Å². The van der Waals surface area contributed by atoms with Crippen LogP contribution < -0.4 is 0 Å². The third-order valence-corrected chi connectivity index (χ3v) is 8.68. The minimum Gasteiger partial charge on any atom is -0.480 e. The summed E-state index contributed by atoms with van der Waals surface area (Å²) in [7, 11) is -3.94. The summed E-state index contributed by atoms with van der Waals surface area (Å²) in [6.45, 7) is 0. The molecule has 1 aromatic rings. The SMILES string of the molecule is O=C(O)C1(S(=O)(=O)c2cc(Br)ccc2Br)CC2(CCC2)C1. The molecule has 3 rings (SSSR count). The van der Waals surface area contributed by atoms with Gasteiger partial charge < -0.3 is 5.11 Å². The molecule has 4 nitrogen and oxygen atoms in total. The Morgan fingerprint density at radius 2 is 1.81 bits per heavy atom. The molecule has 0 heterocycles. The minimum atomic E-state index is -3.94. The summed E-state index contributed by atoms with van der Waals surface area (Å²) in [5.41, 5.74) is -0.0516. The molecule has 1 aromatic carbocycles. The van der Waals surface area contributed by atoms with Crippen molar-refractivity contribution in [3.05, 3.63) is 27.1 Å². The lowest BCUT2D eigenvalue weighted by Crippen LogP contribution is -2.63. The highest BCUT2D eigenvalue weighted by molar-refractivity contribution is 9.11. The van der Waals surface area contributed by atoms with Gasteiger partial charge in [-0.15, -0.1) is 0 Å². The first-order valence-corrected chi connectivity index (χ1v) is 9.73. The van der Waals surface area contributed by atoms with Gasteiger partial charge in [-0.1, -0.05) is 22.4 Å². The van der Waals surface area contributed by atoms with Crippen LogP contribution in [0.5, 0.6) is 0 Å². The van der Waals surface area contributed by atoms with Gasteiger partial charge in [-0.25, -0.2) is 8.42 Å². The molecule has 1 N–H and O–H groups in total. The molecular formula is C14H14Br2O4S. The van der Waals surface area contributed by atoms with Crippen molar-refractivity contribution in [2.24, 2.45) is 5.41 Å². The van der Waals surface area contributed by atoms with Crippen LogP contribution in [0.25, 0.3) is 0 Å². The Morgan fingerprint density at radius 1 is 1.19 bits per heavy atom. The fourth-order valence-corrected chi connectivity index (χ4v) is 7.19. The normalized spacial score (nSPS) is 22.4. The highest BCUT2D eigenvalue weighted by Crippen LogP contribution is 2.64. The van der Waals surface area contributed by atoms with E-state index < -0.39 is 20.6 Å². The van der Waals surface area contributed by atoms with Gasteiger partial charge in [0.2, 0.25) is 0 Å². The molecule has 21 heavy (non-hydrogen) atoms. The van der Waals surface area contributed by atoms with Gasteiger partial charge in [0.05, 0.1) is 4.90 Å². The van der Waals surface area contributed by atoms with E-state index in [0.29, 0.717) is 8.95 Å². The summed E-state index contributed by atoms with van der Waals surface area (Å²) in [4.78, 5) is 11.8. The van der Waals surface area contributed by atoms with E-state index in [0.717, 1.165) is 19.3 Å². The van der Waals surface area contributed by atoms with Crippen LogP contribution in [0.4, 0.5) is 0 Å². The largest absolute Gasteiger partial charge is 0.480 e. The number of hydrogen-bond donors (Lipinski definition) is 1. The number of aliphatic carboxylic acids is 1. The van der Waals surface area contributed by atoms with E-state index in [2.05, 4.69) is 31.9 Å². The van der Waals surface area contributed by atoms with Crippen molar-refractivity contribution in [2.45, 2.75) is 41.7 Å². The van der Waals surface area contributed by atoms with E-state index in [4.69, 9.17) is 0 Å². The van der Waals surface area contributed by atoms with Gasteiger partial charge >= 0.3 is 5.97 Å². The van der Waals surface area contributed by atoms with Gasteiger partial charge in [0.1, 0.15) is 0 Å². The molecule has 0 radical (unpaired) electrons. The Bertz CT molecular complexity index is 714. The molecule has 2 saturated carbocycles. The number of hydrogen-bond acceptors (Lipinski definition) is 3. The summed E-state index contributed by atoms with van der Waals surface area (Å²) in [6, 6.07) is 4.80. The van der Waals surface area contributed by atoms with Crippen LogP contribution >= 0.6 is 31.9 Å². The predicted octanol–water partition coefficient (Wildman–Crippen LogP) is 3.77. The number of sulfone groups is 1. The summed E-state index contributed by atoms with van der Waals surface area (Å²) in [5.74, 6) is -1.23. The summed E-state index contributed by atoms with van der Waals surface area (Å²) < 4.78 is 25.2. The number of carboxylic acid groups (broad SMARTS) is 1. The van der Waals surface area contributed by atoms with E-state index in [9.17, 15) is 18.3 Å². The molecule has 2 fully saturated rings. The number of carbonyl (C=O) groups is 1. The van der Waals surface area contributed by atoms with E-state index in [-0.39, 0.29) is 23.2 Å². The second kappa shape index (κ2) is 4.80. The first-order chi connectivity index (χ1) is 9.72. The Kier molecular flexibility index (Phi) is 3.54. The van der Waals surface area contributed by atoms with Gasteiger partial charge in [-0.05, 0) is 65.2 Å². The number of rotatable bonds is 3. The van der Waals surface area contributed by atoms with Gasteiger partial charge in [0.25, 0.3) is 0 Å². The maximum atomic E-state index is 12.9. The van der Waals surface area contributed by atoms with Crippen molar-refractivity contribution >= 4 is 47.7 Å². The van der Waals surface area contributed by atoms with Crippen LogP contribution in [0, 0.1) is 5.41 Å². The quantitative estimate of drug-likeness (QED) is 0.781. The minimum absolute atomic E-state index is 0.0495. The molecule has 0 bridgehead atoms. The average Bonchev–Trinajstić information content (AvgIpc) is 2.28. The van der Waals surface area contributed by atoms with Crippen LogP contribution in [-0.2, 0) is 14.6 Å². The van der Waals surface area contributed by atoms with E-state index in [1.807, 2.05) is 0 Å². The zero-order chi connectivity index (χ0) is 15.5. The van der Waals surface area contributed by atoms with Gasteiger partial charge in [0, 0.05) is 8.95 Å². The molecule has 0 unspecified atom stereocenters. The molecule has 0 atom stereocenters. The predicted molar refractivity (Wildman–Crippen MR) is 84.9 cm³/mol. The topological polar surface area (TPSA) is 71.4 Å². The first kappa shape index (κ1) is 15.5. The molecule has 7 heteroatoms. The third kappa shape index (κ3) is 2.11. The molecule has 0 saturated heterocycles. The standard InChI is InChI=1S/C14H14Br2O4S/c15-9-2-3-10(16)11(6-9)21(19,20)14(12(17)18)7-13(8-14)4-1-5-13/h2-3,6H,1,4-5,7-8H2,(H,17,18). The Hall–Kier alpha value is -0.400.